The van der Waals surface area contributed by atoms with E-state index >= 15 is 0 Å². The number of carbonyl (C=O) groups is 3. The first-order valence-corrected chi connectivity index (χ1v) is 10.6. The zero-order chi connectivity index (χ0) is 22.2. The number of anilines is 1. The van der Waals surface area contributed by atoms with Gasteiger partial charge in [0, 0.05) is 18.2 Å². The number of para-hydroxylation sites is 2. The quantitative estimate of drug-likeness (QED) is 0.622. The summed E-state index contributed by atoms with van der Waals surface area (Å²) in [5.41, 5.74) is 1.40. The number of methoxy groups -OCH3 is 1. The van der Waals surface area contributed by atoms with Crippen molar-refractivity contribution in [3.05, 3.63) is 59.7 Å². The van der Waals surface area contributed by atoms with Gasteiger partial charge in [-0.3, -0.25) is 14.4 Å². The summed E-state index contributed by atoms with van der Waals surface area (Å²) in [6.07, 6.45) is 4.12. The van der Waals surface area contributed by atoms with Crippen molar-refractivity contribution < 1.29 is 19.1 Å². The highest BCUT2D eigenvalue weighted by Gasteiger charge is 2.26. The molecule has 1 aliphatic carbocycles. The normalized spacial score (nSPS) is 18.0. The molecule has 0 radical (unpaired) electrons. The SMILES string of the molecule is COc1ccccc1CNC(=O)c1ccccc1NC(=O)C(=O)N[C@H]1CCCC[C@H]1C. The van der Waals surface area contributed by atoms with Crippen molar-refractivity contribution in [1.29, 1.82) is 0 Å². The maximum absolute atomic E-state index is 12.7. The lowest BCUT2D eigenvalue weighted by Gasteiger charge is -2.29. The van der Waals surface area contributed by atoms with Crippen molar-refractivity contribution in [2.24, 2.45) is 5.92 Å². The van der Waals surface area contributed by atoms with Crippen LogP contribution in [0.25, 0.3) is 0 Å². The first-order chi connectivity index (χ1) is 15.0. The van der Waals surface area contributed by atoms with E-state index in [-0.39, 0.29) is 29.7 Å². The molecule has 7 nitrogen and oxygen atoms in total. The molecular weight excluding hydrogens is 394 g/mol. The van der Waals surface area contributed by atoms with Crippen LogP contribution < -0.4 is 20.7 Å². The van der Waals surface area contributed by atoms with Crippen molar-refractivity contribution in [3.8, 4) is 5.75 Å². The lowest BCUT2D eigenvalue weighted by Crippen LogP contribution is -2.46. The van der Waals surface area contributed by atoms with Gasteiger partial charge in [-0.1, -0.05) is 50.1 Å². The predicted octanol–water partition coefficient (Wildman–Crippen LogP) is 3.26. The van der Waals surface area contributed by atoms with Crippen LogP contribution in [0.1, 0.15) is 48.5 Å². The van der Waals surface area contributed by atoms with Crippen LogP contribution in [-0.2, 0) is 16.1 Å². The molecule has 3 rings (SSSR count). The van der Waals surface area contributed by atoms with Crippen molar-refractivity contribution in [1.82, 2.24) is 10.6 Å². The van der Waals surface area contributed by atoms with E-state index in [0.29, 0.717) is 11.7 Å². The van der Waals surface area contributed by atoms with Crippen LogP contribution in [0.15, 0.2) is 48.5 Å². The molecule has 2 aromatic rings. The van der Waals surface area contributed by atoms with E-state index in [1.165, 1.54) is 0 Å². The van der Waals surface area contributed by atoms with Crippen molar-refractivity contribution >= 4 is 23.4 Å². The fourth-order valence-corrected chi connectivity index (χ4v) is 3.85. The summed E-state index contributed by atoms with van der Waals surface area (Å²) >= 11 is 0. The molecule has 1 aliphatic rings. The highest BCUT2D eigenvalue weighted by molar-refractivity contribution is 6.40. The number of amides is 3. The zero-order valence-corrected chi connectivity index (χ0v) is 17.9. The largest absolute Gasteiger partial charge is 0.496 e. The van der Waals surface area contributed by atoms with Crippen LogP contribution in [0.3, 0.4) is 0 Å². The average Bonchev–Trinajstić information content (AvgIpc) is 2.79. The van der Waals surface area contributed by atoms with Gasteiger partial charge in [-0.25, -0.2) is 0 Å². The number of carbonyl (C=O) groups excluding carboxylic acids is 3. The molecule has 7 heteroatoms. The van der Waals surface area contributed by atoms with Gasteiger partial charge in [-0.15, -0.1) is 0 Å². The molecule has 0 heterocycles. The van der Waals surface area contributed by atoms with Crippen LogP contribution in [0.4, 0.5) is 5.69 Å². The second kappa shape index (κ2) is 10.6. The van der Waals surface area contributed by atoms with Crippen molar-refractivity contribution in [2.75, 3.05) is 12.4 Å². The third-order valence-corrected chi connectivity index (χ3v) is 5.69. The summed E-state index contributed by atoms with van der Waals surface area (Å²) in [6.45, 7) is 2.36. The van der Waals surface area contributed by atoms with Gasteiger partial charge in [0.25, 0.3) is 5.91 Å². The molecule has 2 aromatic carbocycles. The van der Waals surface area contributed by atoms with Gasteiger partial charge in [-0.2, -0.15) is 0 Å². The van der Waals surface area contributed by atoms with Crippen molar-refractivity contribution in [3.63, 3.8) is 0 Å². The fourth-order valence-electron chi connectivity index (χ4n) is 3.85. The van der Waals surface area contributed by atoms with Gasteiger partial charge in [0.05, 0.1) is 18.4 Å². The molecule has 0 aromatic heterocycles. The Labute approximate surface area is 182 Å². The first kappa shape index (κ1) is 22.3. The highest BCUT2D eigenvalue weighted by atomic mass is 16.5. The standard InChI is InChI=1S/C24H29N3O4/c1-16-9-3-6-12-19(16)26-23(29)24(30)27-20-13-7-5-11-18(20)22(28)25-15-17-10-4-8-14-21(17)31-2/h4-5,7-8,10-11,13-14,16,19H,3,6,9,12,15H2,1-2H3,(H,25,28)(H,26,29)(H,27,30)/t16-,19+/m1/s1. The smallest absolute Gasteiger partial charge is 0.313 e. The highest BCUT2D eigenvalue weighted by Crippen LogP contribution is 2.24. The zero-order valence-electron chi connectivity index (χ0n) is 17.9. The summed E-state index contributed by atoms with van der Waals surface area (Å²) in [7, 11) is 1.57. The molecule has 164 valence electrons. The second-order valence-electron chi connectivity index (χ2n) is 7.84. The molecule has 0 spiro atoms. The third-order valence-electron chi connectivity index (χ3n) is 5.69. The Balaban J connectivity index is 1.63. The van der Waals surface area contributed by atoms with Crippen LogP contribution in [0.2, 0.25) is 0 Å². The molecule has 2 atom stereocenters. The molecule has 3 N–H and O–H groups in total. The maximum Gasteiger partial charge on any atom is 0.313 e. The van der Waals surface area contributed by atoms with Gasteiger partial charge >= 0.3 is 11.8 Å². The van der Waals surface area contributed by atoms with Crippen LogP contribution >= 0.6 is 0 Å². The van der Waals surface area contributed by atoms with E-state index in [1.807, 2.05) is 24.3 Å². The maximum atomic E-state index is 12.7. The summed E-state index contributed by atoms with van der Waals surface area (Å²) in [5, 5.41) is 8.24. The molecule has 0 bridgehead atoms. The number of benzene rings is 2. The summed E-state index contributed by atoms with van der Waals surface area (Å²) < 4.78 is 5.30. The molecular formula is C24H29N3O4. The van der Waals surface area contributed by atoms with E-state index in [1.54, 1.807) is 31.4 Å². The van der Waals surface area contributed by atoms with Gasteiger partial charge < -0.3 is 20.7 Å². The number of hydrogen-bond donors (Lipinski definition) is 3. The lowest BCUT2D eigenvalue weighted by molar-refractivity contribution is -0.137. The van der Waals surface area contributed by atoms with E-state index in [0.717, 1.165) is 31.2 Å². The van der Waals surface area contributed by atoms with E-state index in [2.05, 4.69) is 22.9 Å². The Morgan fingerprint density at radius 2 is 1.68 bits per heavy atom. The number of rotatable bonds is 6. The Hall–Kier alpha value is -3.35. The average molecular weight is 424 g/mol. The molecule has 1 fully saturated rings. The molecule has 3 amide bonds. The lowest BCUT2D eigenvalue weighted by atomic mass is 9.86. The topological polar surface area (TPSA) is 96.5 Å². The minimum Gasteiger partial charge on any atom is -0.496 e. The Bertz CT molecular complexity index is 944. The molecule has 31 heavy (non-hydrogen) atoms. The van der Waals surface area contributed by atoms with Crippen molar-refractivity contribution in [2.45, 2.75) is 45.2 Å². The summed E-state index contributed by atoms with van der Waals surface area (Å²) in [5.74, 6) is -0.787. The number of hydrogen-bond acceptors (Lipinski definition) is 4. The minimum absolute atomic E-state index is 0.00592. The number of nitrogens with one attached hydrogen (secondary N) is 3. The monoisotopic (exact) mass is 423 g/mol. The van der Waals surface area contributed by atoms with Gasteiger partial charge in [0.2, 0.25) is 0 Å². The van der Waals surface area contributed by atoms with E-state index in [9.17, 15) is 14.4 Å². The summed E-state index contributed by atoms with van der Waals surface area (Å²) in [6, 6.07) is 14.0. The third kappa shape index (κ3) is 5.84. The van der Waals surface area contributed by atoms with Gasteiger partial charge in [0.15, 0.2) is 0 Å². The molecule has 0 unspecified atom stereocenters. The Kier molecular flexibility index (Phi) is 7.65. The van der Waals surface area contributed by atoms with Gasteiger partial charge in [-0.05, 0) is 37.0 Å². The molecule has 0 saturated heterocycles. The Morgan fingerprint density at radius 1 is 0.968 bits per heavy atom. The number of ether oxygens (including phenoxy) is 1. The van der Waals surface area contributed by atoms with E-state index < -0.39 is 11.8 Å². The van der Waals surface area contributed by atoms with Crippen LogP contribution in [0.5, 0.6) is 5.75 Å². The van der Waals surface area contributed by atoms with Crippen LogP contribution in [-0.4, -0.2) is 30.9 Å². The fraction of sp³-hybridized carbons (Fsp3) is 0.375. The second-order valence-corrected chi connectivity index (χ2v) is 7.84. The van der Waals surface area contributed by atoms with E-state index in [4.69, 9.17) is 4.74 Å². The first-order valence-electron chi connectivity index (χ1n) is 10.6. The summed E-state index contributed by atoms with van der Waals surface area (Å²) in [4.78, 5) is 37.6. The molecule has 0 aliphatic heterocycles. The molecule has 1 saturated carbocycles. The Morgan fingerprint density at radius 3 is 2.45 bits per heavy atom. The van der Waals surface area contributed by atoms with Gasteiger partial charge in [0.1, 0.15) is 5.75 Å². The van der Waals surface area contributed by atoms with Crippen LogP contribution in [0, 0.1) is 5.92 Å². The minimum atomic E-state index is -0.775. The predicted molar refractivity (Wildman–Crippen MR) is 119 cm³/mol.